The zero-order valence-corrected chi connectivity index (χ0v) is 37.5. The van der Waals surface area contributed by atoms with Crippen LogP contribution in [-0.4, -0.2) is 125 Å². The van der Waals surface area contributed by atoms with Gasteiger partial charge in [0, 0.05) is 84.2 Å². The molecule has 8 atom stereocenters. The quantitative estimate of drug-likeness (QED) is 0.0706. The fourth-order valence-corrected chi connectivity index (χ4v) is 10.4. The number of thioether (sulfide) groups is 1. The van der Waals surface area contributed by atoms with E-state index in [-0.39, 0.29) is 68.6 Å². The van der Waals surface area contributed by atoms with Crippen molar-refractivity contribution < 1.29 is 58.1 Å². The number of carbonyl (C=O) groups is 5. The highest BCUT2D eigenvalue weighted by molar-refractivity contribution is 8.03. The number of benzene rings is 3. The van der Waals surface area contributed by atoms with Gasteiger partial charge in [-0.05, 0) is 80.3 Å². The summed E-state index contributed by atoms with van der Waals surface area (Å²) in [5.41, 5.74) is 0.997. The summed E-state index contributed by atoms with van der Waals surface area (Å²) >= 11 is 1.21. The van der Waals surface area contributed by atoms with Crippen molar-refractivity contribution in [2.24, 2.45) is 11.8 Å². The van der Waals surface area contributed by atoms with E-state index in [1.165, 1.54) is 106 Å². The average molecular weight is 946 g/mol. The molecule has 4 aliphatic rings. The maximum atomic E-state index is 14.7. The molecule has 3 aromatic rings. The minimum Gasteiger partial charge on any atom is -0.456 e. The van der Waals surface area contributed by atoms with Crippen LogP contribution in [0.3, 0.4) is 0 Å². The van der Waals surface area contributed by atoms with Gasteiger partial charge >= 0.3 is 18.2 Å². The Hall–Kier alpha value is -7.14. The second-order valence-electron chi connectivity index (χ2n) is 16.9. The summed E-state index contributed by atoms with van der Waals surface area (Å²) in [6, 6.07) is 13.7. The van der Waals surface area contributed by atoms with Crippen molar-refractivity contribution in [1.82, 2.24) is 19.6 Å². The Kier molecular flexibility index (Phi) is 14.1. The standard InChI is InChI=1S/C44H47N7O15S/c1-24-19-46(43(56)65-22-29-7-13-32(14-8-29)50(60)61)25(2)18-45(24)40(53)35-17-34(20-47(35)44(57)66-23-30-9-15-33(16-10-30)51(62)63)67-39-26(3)37-36(27(4)52)41(54)48(37)38(39)42(55)64-21-28-5-11-31(12-6-28)49(58)59/h5-16,24-27,34-37,52H,17-23H2,1-4H3/t24-,25+,26+,27+,34-,35-,36+,37+/m0/s1. The van der Waals surface area contributed by atoms with Crippen molar-refractivity contribution >= 4 is 58.8 Å². The van der Waals surface area contributed by atoms with Crippen LogP contribution in [0.25, 0.3) is 0 Å². The molecule has 354 valence electrons. The van der Waals surface area contributed by atoms with Crippen LogP contribution in [0.1, 0.15) is 50.8 Å². The molecule has 0 saturated carbocycles. The molecular weight excluding hydrogens is 899 g/mol. The van der Waals surface area contributed by atoms with Crippen LogP contribution in [0.5, 0.6) is 0 Å². The predicted molar refractivity (Wildman–Crippen MR) is 235 cm³/mol. The molecule has 0 radical (unpaired) electrons. The van der Waals surface area contributed by atoms with E-state index >= 15 is 0 Å². The lowest BCUT2D eigenvalue weighted by Crippen LogP contribution is -2.63. The molecule has 67 heavy (non-hydrogen) atoms. The molecule has 3 aromatic carbocycles. The first-order valence-electron chi connectivity index (χ1n) is 21.3. The Morgan fingerprint density at radius 1 is 0.687 bits per heavy atom. The van der Waals surface area contributed by atoms with Gasteiger partial charge in [0.15, 0.2) is 0 Å². The number of nitrogens with zero attached hydrogens (tertiary/aromatic N) is 7. The van der Waals surface area contributed by atoms with E-state index in [0.717, 1.165) is 0 Å². The molecule has 0 aromatic heterocycles. The van der Waals surface area contributed by atoms with E-state index in [1.807, 2.05) is 6.92 Å². The number of β-lactam (4-membered cyclic amide) rings is 1. The third-order valence-electron chi connectivity index (χ3n) is 12.4. The van der Waals surface area contributed by atoms with Crippen LogP contribution in [0.2, 0.25) is 0 Å². The Morgan fingerprint density at radius 2 is 1.12 bits per heavy atom. The van der Waals surface area contributed by atoms with Crippen molar-refractivity contribution in [2.45, 2.75) is 89.5 Å². The number of likely N-dealkylation sites (tertiary alicyclic amines) is 1. The number of aliphatic hydroxyl groups excluding tert-OH is 1. The fraction of sp³-hybridized carbons (Fsp3) is 0.432. The van der Waals surface area contributed by atoms with Gasteiger partial charge in [-0.2, -0.15) is 0 Å². The molecule has 0 bridgehead atoms. The van der Waals surface area contributed by atoms with Crippen LogP contribution in [0.4, 0.5) is 26.7 Å². The molecule has 23 heteroatoms. The van der Waals surface area contributed by atoms with Gasteiger partial charge in [-0.15, -0.1) is 11.8 Å². The minimum absolute atomic E-state index is 0.0348. The largest absolute Gasteiger partial charge is 0.456 e. The Balaban J connectivity index is 1.10. The number of ether oxygens (including phenoxy) is 3. The van der Waals surface area contributed by atoms with Gasteiger partial charge in [-0.3, -0.25) is 44.8 Å². The molecule has 1 N–H and O–H groups in total. The van der Waals surface area contributed by atoms with Gasteiger partial charge in [0.25, 0.3) is 17.1 Å². The lowest BCUT2D eigenvalue weighted by molar-refractivity contribution is -0.385. The molecule has 7 rings (SSSR count). The number of hydrogen-bond acceptors (Lipinski definition) is 16. The first-order chi connectivity index (χ1) is 31.8. The molecule has 22 nitrogen and oxygen atoms in total. The zero-order valence-electron chi connectivity index (χ0n) is 36.7. The number of nitro groups is 3. The normalized spacial score (nSPS) is 23.8. The lowest BCUT2D eigenvalue weighted by atomic mass is 9.79. The number of rotatable bonds is 14. The monoisotopic (exact) mass is 945 g/mol. The Labute approximate surface area is 386 Å². The number of piperazine rings is 1. The van der Waals surface area contributed by atoms with Crippen molar-refractivity contribution in [3.05, 3.63) is 130 Å². The van der Waals surface area contributed by atoms with Crippen LogP contribution >= 0.6 is 11.8 Å². The number of carbonyl (C=O) groups excluding carboxylic acids is 5. The topological polar surface area (TPSA) is 276 Å². The number of non-ortho nitro benzene ring substituents is 3. The predicted octanol–water partition coefficient (Wildman–Crippen LogP) is 5.29. The average Bonchev–Trinajstić information content (AvgIpc) is 3.83. The molecule has 0 aliphatic carbocycles. The first-order valence-corrected chi connectivity index (χ1v) is 22.2. The van der Waals surface area contributed by atoms with Gasteiger partial charge in [0.05, 0.1) is 32.8 Å². The second kappa shape index (κ2) is 19.8. The maximum absolute atomic E-state index is 14.7. The number of nitro benzene ring substituents is 3. The summed E-state index contributed by atoms with van der Waals surface area (Å²) < 4.78 is 16.9. The highest BCUT2D eigenvalue weighted by Gasteiger charge is 2.61. The number of esters is 1. The van der Waals surface area contributed by atoms with Gasteiger partial charge < -0.3 is 34.0 Å². The second-order valence-corrected chi connectivity index (χ2v) is 18.2. The van der Waals surface area contributed by atoms with E-state index < -0.39 is 92.1 Å². The van der Waals surface area contributed by atoms with E-state index in [9.17, 15) is 59.4 Å². The van der Waals surface area contributed by atoms with Gasteiger partial charge in [0.1, 0.15) is 31.6 Å². The molecule has 3 fully saturated rings. The lowest BCUT2D eigenvalue weighted by Gasteiger charge is -2.46. The van der Waals surface area contributed by atoms with E-state index in [1.54, 1.807) is 18.7 Å². The molecule has 3 saturated heterocycles. The minimum atomic E-state index is -1.09. The maximum Gasteiger partial charge on any atom is 0.410 e. The molecule has 4 aliphatic heterocycles. The summed E-state index contributed by atoms with van der Waals surface area (Å²) in [5, 5.41) is 43.4. The number of amides is 4. The van der Waals surface area contributed by atoms with Crippen molar-refractivity contribution in [1.29, 1.82) is 0 Å². The summed E-state index contributed by atoms with van der Waals surface area (Å²) in [6.45, 7) is 6.21. The fourth-order valence-electron chi connectivity index (χ4n) is 8.86. The molecular formula is C44H47N7O15S. The van der Waals surface area contributed by atoms with Crippen LogP contribution in [-0.2, 0) is 48.4 Å². The smallest absolute Gasteiger partial charge is 0.410 e. The third-order valence-corrected chi connectivity index (χ3v) is 13.9. The third kappa shape index (κ3) is 10.0. The van der Waals surface area contributed by atoms with Crippen molar-refractivity contribution in [2.75, 3.05) is 19.6 Å². The highest BCUT2D eigenvalue weighted by Crippen LogP contribution is 2.52. The Bertz CT molecular complexity index is 2490. The van der Waals surface area contributed by atoms with E-state index in [0.29, 0.717) is 21.6 Å². The summed E-state index contributed by atoms with van der Waals surface area (Å²) in [6.07, 6.45) is -2.46. The van der Waals surface area contributed by atoms with Gasteiger partial charge in [0.2, 0.25) is 11.8 Å². The zero-order chi connectivity index (χ0) is 48.4. The van der Waals surface area contributed by atoms with E-state index in [2.05, 4.69) is 0 Å². The summed E-state index contributed by atoms with van der Waals surface area (Å²) in [4.78, 5) is 107. The number of fused-ring (bicyclic) bond motifs is 1. The number of hydrogen-bond donors (Lipinski definition) is 1. The van der Waals surface area contributed by atoms with Gasteiger partial charge in [-0.25, -0.2) is 14.4 Å². The molecule has 0 unspecified atom stereocenters. The SMILES string of the molecule is C[C@@H]1CN(C(=O)[C@@H]2C[C@H](SC3=C(C(=O)OCc4ccc([N+](=O)[O-])cc4)N4C(=O)[C@H]([C@@H](C)O)[C@H]4[C@H]3C)CN2C(=O)OCc2ccc([N+](=O)[O-])cc2)[C@@H](C)CN1C(=O)OCc1ccc([N+](=O)[O-])cc1. The molecule has 4 heterocycles. The van der Waals surface area contributed by atoms with Crippen molar-refractivity contribution in [3.63, 3.8) is 0 Å². The number of aliphatic hydroxyl groups is 1. The first kappa shape index (κ1) is 47.8. The van der Waals surface area contributed by atoms with Crippen molar-refractivity contribution in [3.8, 4) is 0 Å². The summed E-state index contributed by atoms with van der Waals surface area (Å²) in [5.74, 6) is -3.03. The Morgan fingerprint density at radius 3 is 1.58 bits per heavy atom. The van der Waals surface area contributed by atoms with E-state index in [4.69, 9.17) is 14.2 Å². The van der Waals surface area contributed by atoms with Crippen LogP contribution < -0.4 is 0 Å². The van der Waals surface area contributed by atoms with Crippen LogP contribution in [0, 0.1) is 42.2 Å². The molecule has 0 spiro atoms. The highest BCUT2D eigenvalue weighted by atomic mass is 32.2. The van der Waals surface area contributed by atoms with Crippen LogP contribution in [0.15, 0.2) is 83.4 Å². The summed E-state index contributed by atoms with van der Waals surface area (Å²) in [7, 11) is 0. The van der Waals surface area contributed by atoms with Gasteiger partial charge in [-0.1, -0.05) is 6.92 Å². The molecule has 4 amide bonds.